The molecule has 122 valence electrons. The molecule has 3 aromatic rings. The lowest BCUT2D eigenvalue weighted by Gasteiger charge is -2.08. The fraction of sp³-hybridized carbons (Fsp3) is 0.125. The van der Waals surface area contributed by atoms with Gasteiger partial charge in [-0.25, -0.2) is 9.78 Å². The largest absolute Gasteiger partial charge is 0.465 e. The highest BCUT2D eigenvalue weighted by Crippen LogP contribution is 2.31. The van der Waals surface area contributed by atoms with E-state index in [1.807, 2.05) is 18.2 Å². The smallest absolute Gasteiger partial charge is 0.409 e. The van der Waals surface area contributed by atoms with Gasteiger partial charge in [-0.3, -0.25) is 15.1 Å². The summed E-state index contributed by atoms with van der Waals surface area (Å²) in [7, 11) is 0. The predicted octanol–water partition coefficient (Wildman–Crippen LogP) is 3.72. The van der Waals surface area contributed by atoms with Gasteiger partial charge >= 0.3 is 6.09 Å². The van der Waals surface area contributed by atoms with Gasteiger partial charge in [0.15, 0.2) is 5.13 Å². The minimum absolute atomic E-state index is 0.165. The third-order valence-corrected chi connectivity index (χ3v) is 4.27. The van der Waals surface area contributed by atoms with E-state index in [1.165, 1.54) is 18.3 Å². The average molecular weight is 342 g/mol. The lowest BCUT2D eigenvalue weighted by atomic mass is 10.1. The molecule has 0 aliphatic heterocycles. The zero-order valence-corrected chi connectivity index (χ0v) is 13.8. The van der Waals surface area contributed by atoms with Gasteiger partial charge in [0.05, 0.1) is 21.6 Å². The minimum Gasteiger partial charge on any atom is -0.465 e. The van der Waals surface area contributed by atoms with Crippen molar-refractivity contribution >= 4 is 44.4 Å². The van der Waals surface area contributed by atoms with E-state index in [2.05, 4.69) is 20.6 Å². The van der Waals surface area contributed by atoms with E-state index >= 15 is 0 Å². The number of hydrogen-bond donors (Lipinski definition) is 3. The van der Waals surface area contributed by atoms with Crippen molar-refractivity contribution in [2.75, 3.05) is 10.6 Å². The fourth-order valence-corrected chi connectivity index (χ4v) is 3.19. The van der Waals surface area contributed by atoms with Crippen LogP contribution in [0.4, 0.5) is 15.6 Å². The molecule has 0 radical (unpaired) electrons. The number of anilines is 2. The number of aryl methyl sites for hydroxylation is 1. The van der Waals surface area contributed by atoms with Crippen LogP contribution in [-0.2, 0) is 4.79 Å². The molecule has 3 rings (SSSR count). The van der Waals surface area contributed by atoms with E-state index < -0.39 is 6.09 Å². The highest BCUT2D eigenvalue weighted by atomic mass is 32.1. The molecule has 0 unspecified atom stereocenters. The molecule has 2 amide bonds. The van der Waals surface area contributed by atoms with E-state index in [0.29, 0.717) is 16.5 Å². The van der Waals surface area contributed by atoms with Crippen molar-refractivity contribution in [3.05, 3.63) is 36.2 Å². The topological polar surface area (TPSA) is 104 Å². The molecule has 2 heterocycles. The van der Waals surface area contributed by atoms with Crippen molar-refractivity contribution in [2.45, 2.75) is 13.8 Å². The summed E-state index contributed by atoms with van der Waals surface area (Å²) in [5.74, 6) is -0.165. The number of carbonyl (C=O) groups is 2. The summed E-state index contributed by atoms with van der Waals surface area (Å²) in [5, 5.41) is 14.5. The van der Waals surface area contributed by atoms with Crippen LogP contribution in [0.1, 0.15) is 12.6 Å². The van der Waals surface area contributed by atoms with Crippen LogP contribution < -0.4 is 10.6 Å². The first-order valence-corrected chi connectivity index (χ1v) is 7.89. The van der Waals surface area contributed by atoms with Crippen molar-refractivity contribution in [2.24, 2.45) is 0 Å². The van der Waals surface area contributed by atoms with E-state index in [-0.39, 0.29) is 5.91 Å². The molecule has 7 nitrogen and oxygen atoms in total. The van der Waals surface area contributed by atoms with E-state index in [4.69, 9.17) is 5.11 Å². The summed E-state index contributed by atoms with van der Waals surface area (Å²) >= 11 is 1.38. The number of thiazole rings is 1. The van der Waals surface area contributed by atoms with E-state index in [9.17, 15) is 9.59 Å². The Hall–Kier alpha value is -3.00. The number of carbonyl (C=O) groups excluding carboxylic acids is 1. The molecule has 1 aromatic carbocycles. The molecule has 0 saturated carbocycles. The SMILES string of the molecule is CC(=O)Nc1nc2ccc(-c3cnc(C)c(NC(=O)O)c3)cc2s1. The Morgan fingerprint density at radius 2 is 1.96 bits per heavy atom. The summed E-state index contributed by atoms with van der Waals surface area (Å²) in [6.07, 6.45) is 0.564. The average Bonchev–Trinajstić information content (AvgIpc) is 2.89. The monoisotopic (exact) mass is 342 g/mol. The summed E-state index contributed by atoms with van der Waals surface area (Å²) in [6, 6.07) is 7.43. The summed E-state index contributed by atoms with van der Waals surface area (Å²) < 4.78 is 0.921. The van der Waals surface area contributed by atoms with Gasteiger partial charge in [0, 0.05) is 18.7 Å². The van der Waals surface area contributed by atoms with Gasteiger partial charge in [-0.2, -0.15) is 0 Å². The maximum atomic E-state index is 11.1. The molecule has 0 bridgehead atoms. The number of rotatable bonds is 3. The highest BCUT2D eigenvalue weighted by molar-refractivity contribution is 7.22. The Bertz CT molecular complexity index is 952. The van der Waals surface area contributed by atoms with Crippen molar-refractivity contribution in [3.63, 3.8) is 0 Å². The summed E-state index contributed by atoms with van der Waals surface area (Å²) in [5.41, 5.74) is 3.52. The number of nitrogens with zero attached hydrogens (tertiary/aromatic N) is 2. The van der Waals surface area contributed by atoms with Gasteiger partial charge in [0.1, 0.15) is 0 Å². The van der Waals surface area contributed by atoms with Crippen LogP contribution in [0.5, 0.6) is 0 Å². The zero-order chi connectivity index (χ0) is 17.3. The molecule has 0 aliphatic rings. The number of benzene rings is 1. The number of hydrogen-bond acceptors (Lipinski definition) is 5. The Morgan fingerprint density at radius 1 is 1.17 bits per heavy atom. The van der Waals surface area contributed by atoms with E-state index in [1.54, 1.807) is 19.2 Å². The molecule has 2 aromatic heterocycles. The predicted molar refractivity (Wildman–Crippen MR) is 93.5 cm³/mol. The molecule has 0 atom stereocenters. The molecular formula is C16H14N4O3S. The van der Waals surface area contributed by atoms with Crippen LogP contribution in [-0.4, -0.2) is 27.1 Å². The van der Waals surface area contributed by atoms with Gasteiger partial charge < -0.3 is 10.4 Å². The zero-order valence-electron chi connectivity index (χ0n) is 13.0. The number of nitrogens with one attached hydrogen (secondary N) is 2. The van der Waals surface area contributed by atoms with Crippen LogP contribution in [0.15, 0.2) is 30.5 Å². The second-order valence-electron chi connectivity index (χ2n) is 5.17. The van der Waals surface area contributed by atoms with Crippen molar-refractivity contribution in [1.29, 1.82) is 0 Å². The number of fused-ring (bicyclic) bond motifs is 1. The van der Waals surface area contributed by atoms with Crippen molar-refractivity contribution in [1.82, 2.24) is 9.97 Å². The van der Waals surface area contributed by atoms with Crippen molar-refractivity contribution in [3.8, 4) is 11.1 Å². The number of amides is 2. The normalized spacial score (nSPS) is 10.6. The number of pyridine rings is 1. The Kier molecular flexibility index (Phi) is 4.13. The summed E-state index contributed by atoms with van der Waals surface area (Å²) in [6.45, 7) is 3.17. The minimum atomic E-state index is -1.13. The molecule has 8 heteroatoms. The van der Waals surface area contributed by atoms with Crippen molar-refractivity contribution < 1.29 is 14.7 Å². The molecule has 0 fully saturated rings. The van der Waals surface area contributed by atoms with Gasteiger partial charge in [0.2, 0.25) is 5.91 Å². The maximum absolute atomic E-state index is 11.1. The molecule has 0 spiro atoms. The molecule has 0 saturated heterocycles. The van der Waals surface area contributed by atoms with Crippen LogP contribution in [0, 0.1) is 6.92 Å². The van der Waals surface area contributed by atoms with Gasteiger partial charge in [-0.05, 0) is 30.7 Å². The maximum Gasteiger partial charge on any atom is 0.409 e. The van der Waals surface area contributed by atoms with Crippen LogP contribution >= 0.6 is 11.3 Å². The Labute approximate surface area is 141 Å². The first kappa shape index (κ1) is 15.9. The first-order chi connectivity index (χ1) is 11.4. The second-order valence-corrected chi connectivity index (χ2v) is 6.20. The quantitative estimate of drug-likeness (QED) is 0.673. The lowest BCUT2D eigenvalue weighted by Crippen LogP contribution is -2.09. The lowest BCUT2D eigenvalue weighted by molar-refractivity contribution is -0.114. The molecule has 24 heavy (non-hydrogen) atoms. The second kappa shape index (κ2) is 6.25. The summed E-state index contributed by atoms with van der Waals surface area (Å²) in [4.78, 5) is 30.6. The molecular weight excluding hydrogens is 328 g/mol. The van der Waals surface area contributed by atoms with E-state index in [0.717, 1.165) is 21.3 Å². The number of aromatic nitrogens is 2. The van der Waals surface area contributed by atoms with Crippen LogP contribution in [0.2, 0.25) is 0 Å². The highest BCUT2D eigenvalue weighted by Gasteiger charge is 2.09. The fourth-order valence-electron chi connectivity index (χ4n) is 2.24. The van der Waals surface area contributed by atoms with Gasteiger partial charge in [0.25, 0.3) is 0 Å². The standard InChI is InChI=1S/C16H14N4O3S/c1-8-13(20-16(22)23)5-11(7-17-8)10-3-4-12-14(6-10)24-15(19-12)18-9(2)21/h3-7,20H,1-2H3,(H,22,23)(H,18,19,21). The Morgan fingerprint density at radius 3 is 2.67 bits per heavy atom. The molecule has 0 aliphatic carbocycles. The molecule has 3 N–H and O–H groups in total. The Balaban J connectivity index is 1.99. The van der Waals surface area contributed by atoms with Crippen LogP contribution in [0.3, 0.4) is 0 Å². The third-order valence-electron chi connectivity index (χ3n) is 3.33. The number of carboxylic acid groups (broad SMARTS) is 1. The third kappa shape index (κ3) is 3.33. The first-order valence-electron chi connectivity index (χ1n) is 7.07. The van der Waals surface area contributed by atoms with Gasteiger partial charge in [-0.1, -0.05) is 17.4 Å². The van der Waals surface area contributed by atoms with Gasteiger partial charge in [-0.15, -0.1) is 0 Å². The van der Waals surface area contributed by atoms with Crippen LogP contribution in [0.25, 0.3) is 21.3 Å².